The molecular formula is C23H30N2O2S. The first-order chi connectivity index (χ1) is 13.7. The summed E-state index contributed by atoms with van der Waals surface area (Å²) < 4.78 is 5.98. The van der Waals surface area contributed by atoms with E-state index < -0.39 is 0 Å². The first kappa shape index (κ1) is 19.4. The second-order valence-corrected chi connectivity index (χ2v) is 9.08. The van der Waals surface area contributed by atoms with Gasteiger partial charge in [0.15, 0.2) is 0 Å². The predicted molar refractivity (Wildman–Crippen MR) is 113 cm³/mol. The molecule has 2 fully saturated rings. The van der Waals surface area contributed by atoms with Gasteiger partial charge in [-0.15, -0.1) is 11.3 Å². The van der Waals surface area contributed by atoms with E-state index in [-0.39, 0.29) is 5.92 Å². The van der Waals surface area contributed by atoms with Crippen LogP contribution in [0.5, 0.6) is 5.75 Å². The maximum Gasteiger partial charge on any atom is 0.226 e. The van der Waals surface area contributed by atoms with Crippen LogP contribution >= 0.6 is 11.3 Å². The van der Waals surface area contributed by atoms with Gasteiger partial charge in [0.05, 0.1) is 17.8 Å². The van der Waals surface area contributed by atoms with Crippen molar-refractivity contribution in [1.29, 1.82) is 0 Å². The van der Waals surface area contributed by atoms with Crippen LogP contribution in [-0.2, 0) is 17.8 Å². The van der Waals surface area contributed by atoms with Crippen LogP contribution in [0, 0.1) is 12.8 Å². The Morgan fingerprint density at radius 3 is 2.75 bits per heavy atom. The molecule has 0 atom stereocenters. The first-order valence-corrected chi connectivity index (χ1v) is 11.5. The fraction of sp³-hybridized carbons (Fsp3) is 0.565. The standard InChI is InChI=1S/C23H30N2O2S/c1-17-22(28-16-24-17)12-13-27-21-9-5-6-18(14-21)15-25(20-10-11-20)23(26)19-7-3-2-4-8-19/h5-6,9,14,16,19-20H,2-4,7-8,10-13,15H2,1H3. The summed E-state index contributed by atoms with van der Waals surface area (Å²) in [4.78, 5) is 20.8. The van der Waals surface area contributed by atoms with Crippen LogP contribution in [0.25, 0.3) is 0 Å². The average Bonchev–Trinajstić information content (AvgIpc) is 3.49. The van der Waals surface area contributed by atoms with Crippen LogP contribution in [0.4, 0.5) is 0 Å². The third kappa shape index (κ3) is 4.93. The molecule has 0 bridgehead atoms. The van der Waals surface area contributed by atoms with E-state index in [4.69, 9.17) is 4.74 Å². The maximum atomic E-state index is 13.1. The van der Waals surface area contributed by atoms with Crippen LogP contribution < -0.4 is 4.74 Å². The van der Waals surface area contributed by atoms with Gasteiger partial charge in [-0.05, 0) is 50.3 Å². The fourth-order valence-corrected chi connectivity index (χ4v) is 4.88. The molecule has 0 N–H and O–H groups in total. The Labute approximate surface area is 171 Å². The van der Waals surface area contributed by atoms with Crippen molar-refractivity contribution in [2.75, 3.05) is 6.61 Å². The van der Waals surface area contributed by atoms with Crippen molar-refractivity contribution in [1.82, 2.24) is 9.88 Å². The predicted octanol–water partition coefficient (Wildman–Crippen LogP) is 5.14. The fourth-order valence-electron chi connectivity index (χ4n) is 4.12. The van der Waals surface area contributed by atoms with Crippen molar-refractivity contribution in [2.45, 2.75) is 70.9 Å². The van der Waals surface area contributed by atoms with E-state index in [1.54, 1.807) is 11.3 Å². The van der Waals surface area contributed by atoms with Crippen molar-refractivity contribution in [3.63, 3.8) is 0 Å². The molecule has 0 unspecified atom stereocenters. The molecule has 0 aliphatic heterocycles. The SMILES string of the molecule is Cc1ncsc1CCOc1cccc(CN(C(=O)C2CCCCC2)C2CC2)c1. The molecule has 0 radical (unpaired) electrons. The highest BCUT2D eigenvalue weighted by molar-refractivity contribution is 7.09. The normalized spacial score (nSPS) is 17.5. The van der Waals surface area contributed by atoms with E-state index in [1.165, 1.54) is 29.7 Å². The Kier molecular flexibility index (Phi) is 6.30. The van der Waals surface area contributed by atoms with Crippen LogP contribution in [-0.4, -0.2) is 28.4 Å². The molecule has 1 aromatic carbocycles. The number of aryl methyl sites for hydroxylation is 1. The van der Waals surface area contributed by atoms with E-state index in [0.717, 1.165) is 43.5 Å². The number of amides is 1. The van der Waals surface area contributed by atoms with Gasteiger partial charge in [0.2, 0.25) is 5.91 Å². The van der Waals surface area contributed by atoms with Crippen molar-refractivity contribution in [3.8, 4) is 5.75 Å². The number of benzene rings is 1. The monoisotopic (exact) mass is 398 g/mol. The third-order valence-corrected chi connectivity index (χ3v) is 6.91. The number of aromatic nitrogens is 1. The van der Waals surface area contributed by atoms with Crippen molar-refractivity contribution in [3.05, 3.63) is 45.9 Å². The molecule has 2 saturated carbocycles. The lowest BCUT2D eigenvalue weighted by Gasteiger charge is -2.29. The Hall–Kier alpha value is -1.88. The lowest BCUT2D eigenvalue weighted by Crippen LogP contribution is -2.38. The van der Waals surface area contributed by atoms with E-state index in [0.29, 0.717) is 25.1 Å². The van der Waals surface area contributed by atoms with E-state index >= 15 is 0 Å². The van der Waals surface area contributed by atoms with Gasteiger partial charge in [0.1, 0.15) is 5.75 Å². The number of ether oxygens (including phenoxy) is 1. The third-order valence-electron chi connectivity index (χ3n) is 5.92. The summed E-state index contributed by atoms with van der Waals surface area (Å²) in [6.07, 6.45) is 9.04. The zero-order valence-electron chi connectivity index (χ0n) is 16.7. The zero-order valence-corrected chi connectivity index (χ0v) is 17.5. The molecule has 4 rings (SSSR count). The molecular weight excluding hydrogens is 368 g/mol. The minimum atomic E-state index is 0.247. The van der Waals surface area contributed by atoms with Gasteiger partial charge >= 0.3 is 0 Å². The highest BCUT2D eigenvalue weighted by Gasteiger charge is 2.36. The Bertz CT molecular complexity index is 793. The smallest absolute Gasteiger partial charge is 0.226 e. The summed E-state index contributed by atoms with van der Waals surface area (Å²) in [6, 6.07) is 8.72. The zero-order chi connectivity index (χ0) is 19.3. The molecule has 5 heteroatoms. The van der Waals surface area contributed by atoms with Crippen LogP contribution in [0.3, 0.4) is 0 Å². The lowest BCUT2D eigenvalue weighted by atomic mass is 9.88. The van der Waals surface area contributed by atoms with Gasteiger partial charge in [-0.25, -0.2) is 4.98 Å². The van der Waals surface area contributed by atoms with Gasteiger partial charge in [-0.1, -0.05) is 31.4 Å². The molecule has 2 aliphatic carbocycles. The van der Waals surface area contributed by atoms with Gasteiger partial charge < -0.3 is 9.64 Å². The minimum Gasteiger partial charge on any atom is -0.493 e. The lowest BCUT2D eigenvalue weighted by molar-refractivity contribution is -0.137. The Balaban J connectivity index is 1.35. The number of thiazole rings is 1. The molecule has 1 heterocycles. The quantitative estimate of drug-likeness (QED) is 0.618. The largest absolute Gasteiger partial charge is 0.493 e. The number of hydrogen-bond donors (Lipinski definition) is 0. The van der Waals surface area contributed by atoms with E-state index in [9.17, 15) is 4.79 Å². The van der Waals surface area contributed by atoms with Crippen LogP contribution in [0.15, 0.2) is 29.8 Å². The molecule has 1 aromatic heterocycles. The van der Waals surface area contributed by atoms with Crippen molar-refractivity contribution in [2.24, 2.45) is 5.92 Å². The number of carbonyl (C=O) groups excluding carboxylic acids is 1. The highest BCUT2D eigenvalue weighted by atomic mass is 32.1. The molecule has 28 heavy (non-hydrogen) atoms. The molecule has 2 aliphatic rings. The number of rotatable bonds is 8. The number of carbonyl (C=O) groups is 1. The van der Waals surface area contributed by atoms with Gasteiger partial charge in [-0.3, -0.25) is 4.79 Å². The van der Waals surface area contributed by atoms with E-state index in [1.807, 2.05) is 24.6 Å². The highest BCUT2D eigenvalue weighted by Crippen LogP contribution is 2.33. The van der Waals surface area contributed by atoms with E-state index in [2.05, 4.69) is 22.0 Å². The second-order valence-electron chi connectivity index (χ2n) is 8.14. The molecule has 1 amide bonds. The van der Waals surface area contributed by atoms with Crippen LogP contribution in [0.1, 0.15) is 61.1 Å². The molecule has 4 nitrogen and oxygen atoms in total. The number of nitrogens with zero attached hydrogens (tertiary/aromatic N) is 2. The minimum absolute atomic E-state index is 0.247. The number of hydrogen-bond acceptors (Lipinski definition) is 4. The summed E-state index contributed by atoms with van der Waals surface area (Å²) >= 11 is 1.69. The molecule has 0 saturated heterocycles. The van der Waals surface area contributed by atoms with Gasteiger partial charge in [-0.2, -0.15) is 0 Å². The average molecular weight is 399 g/mol. The summed E-state index contributed by atoms with van der Waals surface area (Å²) in [5.41, 5.74) is 4.16. The topological polar surface area (TPSA) is 42.4 Å². The van der Waals surface area contributed by atoms with Gasteiger partial charge in [0, 0.05) is 29.8 Å². The van der Waals surface area contributed by atoms with Crippen molar-refractivity contribution >= 4 is 17.2 Å². The molecule has 2 aromatic rings. The van der Waals surface area contributed by atoms with Gasteiger partial charge in [0.25, 0.3) is 0 Å². The van der Waals surface area contributed by atoms with Crippen LogP contribution in [0.2, 0.25) is 0 Å². The summed E-state index contributed by atoms with van der Waals surface area (Å²) in [7, 11) is 0. The Morgan fingerprint density at radius 2 is 2.04 bits per heavy atom. The Morgan fingerprint density at radius 1 is 1.21 bits per heavy atom. The maximum absolute atomic E-state index is 13.1. The molecule has 0 spiro atoms. The van der Waals surface area contributed by atoms with Crippen molar-refractivity contribution < 1.29 is 9.53 Å². The summed E-state index contributed by atoms with van der Waals surface area (Å²) in [6.45, 7) is 3.41. The second kappa shape index (κ2) is 9.08. The summed E-state index contributed by atoms with van der Waals surface area (Å²) in [5.74, 6) is 1.52. The molecule has 150 valence electrons. The first-order valence-electron chi connectivity index (χ1n) is 10.6. The summed E-state index contributed by atoms with van der Waals surface area (Å²) in [5, 5.41) is 0.